The van der Waals surface area contributed by atoms with Crippen LogP contribution in [0, 0.1) is 5.92 Å². The third kappa shape index (κ3) is 3.64. The SMILES string of the molecule is CCCn1nc(C(=O)NCC2COc3ccccc3C2)ccc1=O. The number of aryl methyl sites for hydroxylation is 1. The number of nitrogens with one attached hydrogen (secondary N) is 1. The van der Waals surface area contributed by atoms with Gasteiger partial charge in [0.15, 0.2) is 0 Å². The van der Waals surface area contributed by atoms with E-state index in [-0.39, 0.29) is 23.1 Å². The fourth-order valence-electron chi connectivity index (χ4n) is 2.79. The summed E-state index contributed by atoms with van der Waals surface area (Å²) >= 11 is 0. The highest BCUT2D eigenvalue weighted by Gasteiger charge is 2.20. The fourth-order valence-corrected chi connectivity index (χ4v) is 2.79. The largest absolute Gasteiger partial charge is 0.493 e. The molecule has 1 aliphatic heterocycles. The van der Waals surface area contributed by atoms with E-state index in [2.05, 4.69) is 10.4 Å². The average molecular weight is 327 g/mol. The lowest BCUT2D eigenvalue weighted by Gasteiger charge is -2.25. The zero-order chi connectivity index (χ0) is 16.9. The first-order chi connectivity index (χ1) is 11.7. The van der Waals surface area contributed by atoms with Gasteiger partial charge in [0.25, 0.3) is 11.5 Å². The lowest BCUT2D eigenvalue weighted by atomic mass is 9.97. The molecule has 1 aliphatic rings. The second-order valence-electron chi connectivity index (χ2n) is 5.98. The third-order valence-electron chi connectivity index (χ3n) is 4.04. The van der Waals surface area contributed by atoms with Crippen molar-refractivity contribution in [2.24, 2.45) is 5.92 Å². The monoisotopic (exact) mass is 327 g/mol. The molecule has 1 N–H and O–H groups in total. The number of hydrogen-bond acceptors (Lipinski definition) is 4. The first-order valence-electron chi connectivity index (χ1n) is 8.24. The van der Waals surface area contributed by atoms with Crippen LogP contribution >= 0.6 is 0 Å². The van der Waals surface area contributed by atoms with E-state index >= 15 is 0 Å². The molecule has 6 nitrogen and oxygen atoms in total. The van der Waals surface area contributed by atoms with Crippen molar-refractivity contribution in [3.8, 4) is 5.75 Å². The molecule has 2 heterocycles. The van der Waals surface area contributed by atoms with Crippen LogP contribution in [-0.2, 0) is 13.0 Å². The maximum absolute atomic E-state index is 12.3. The molecular weight excluding hydrogens is 306 g/mol. The normalized spacial score (nSPS) is 16.1. The zero-order valence-electron chi connectivity index (χ0n) is 13.7. The molecule has 0 fully saturated rings. The fraction of sp³-hybridized carbons (Fsp3) is 0.389. The van der Waals surface area contributed by atoms with Gasteiger partial charge >= 0.3 is 0 Å². The third-order valence-corrected chi connectivity index (χ3v) is 4.04. The van der Waals surface area contributed by atoms with Gasteiger partial charge in [-0.3, -0.25) is 9.59 Å². The molecule has 0 saturated heterocycles. The quantitative estimate of drug-likeness (QED) is 0.906. The topological polar surface area (TPSA) is 73.2 Å². The zero-order valence-corrected chi connectivity index (χ0v) is 13.7. The Morgan fingerprint density at radius 2 is 2.17 bits per heavy atom. The van der Waals surface area contributed by atoms with Crippen LogP contribution in [0.5, 0.6) is 5.75 Å². The van der Waals surface area contributed by atoms with E-state index in [1.165, 1.54) is 16.8 Å². The molecule has 0 saturated carbocycles. The van der Waals surface area contributed by atoms with Gasteiger partial charge in [-0.2, -0.15) is 5.10 Å². The second kappa shape index (κ2) is 7.29. The van der Waals surface area contributed by atoms with Crippen LogP contribution in [0.15, 0.2) is 41.2 Å². The highest BCUT2D eigenvalue weighted by atomic mass is 16.5. The standard InChI is InChI=1S/C18H21N3O3/c1-2-9-21-17(22)8-7-15(20-21)18(23)19-11-13-10-14-5-3-4-6-16(14)24-12-13/h3-8,13H,2,9-12H2,1H3,(H,19,23). The smallest absolute Gasteiger partial charge is 0.271 e. The van der Waals surface area contributed by atoms with Crippen molar-refractivity contribution in [1.82, 2.24) is 15.1 Å². The lowest BCUT2D eigenvalue weighted by Crippen LogP contribution is -2.36. The van der Waals surface area contributed by atoms with Crippen LogP contribution in [0.25, 0.3) is 0 Å². The van der Waals surface area contributed by atoms with E-state index in [0.717, 1.165) is 24.2 Å². The molecule has 2 aromatic rings. The van der Waals surface area contributed by atoms with Crippen LogP contribution in [0.2, 0.25) is 0 Å². The molecule has 126 valence electrons. The Labute approximate surface area is 140 Å². The van der Waals surface area contributed by atoms with Crippen molar-refractivity contribution < 1.29 is 9.53 Å². The molecule has 3 rings (SSSR count). The predicted molar refractivity (Wildman–Crippen MR) is 90.3 cm³/mol. The van der Waals surface area contributed by atoms with Crippen molar-refractivity contribution in [1.29, 1.82) is 0 Å². The summed E-state index contributed by atoms with van der Waals surface area (Å²) in [6.45, 7) is 3.57. The summed E-state index contributed by atoms with van der Waals surface area (Å²) in [6.07, 6.45) is 1.66. The number of ether oxygens (including phenoxy) is 1. The van der Waals surface area contributed by atoms with Crippen molar-refractivity contribution in [2.75, 3.05) is 13.2 Å². The van der Waals surface area contributed by atoms with Crippen molar-refractivity contribution in [2.45, 2.75) is 26.3 Å². The molecule has 1 aromatic heterocycles. The Bertz CT molecular complexity index is 785. The number of nitrogens with zero attached hydrogens (tertiary/aromatic N) is 2. The Morgan fingerprint density at radius 1 is 1.33 bits per heavy atom. The number of carbonyl (C=O) groups is 1. The Balaban J connectivity index is 1.60. The molecule has 1 aromatic carbocycles. The molecular formula is C18H21N3O3. The lowest BCUT2D eigenvalue weighted by molar-refractivity contribution is 0.0931. The van der Waals surface area contributed by atoms with Gasteiger partial charge in [-0.15, -0.1) is 0 Å². The van der Waals surface area contributed by atoms with Gasteiger partial charge in [0, 0.05) is 25.1 Å². The summed E-state index contributed by atoms with van der Waals surface area (Å²) in [7, 11) is 0. The second-order valence-corrected chi connectivity index (χ2v) is 5.98. The van der Waals surface area contributed by atoms with Gasteiger partial charge in [0.2, 0.25) is 0 Å². The van der Waals surface area contributed by atoms with Gasteiger partial charge in [-0.05, 0) is 30.5 Å². The molecule has 0 spiro atoms. The van der Waals surface area contributed by atoms with Gasteiger partial charge in [0.05, 0.1) is 6.61 Å². The minimum absolute atomic E-state index is 0.189. The first-order valence-corrected chi connectivity index (χ1v) is 8.24. The first kappa shape index (κ1) is 16.2. The molecule has 6 heteroatoms. The summed E-state index contributed by atoms with van der Waals surface area (Å²) in [5.74, 6) is 0.887. The predicted octanol–water partition coefficient (Wildman–Crippen LogP) is 1.63. The van der Waals surface area contributed by atoms with Gasteiger partial charge < -0.3 is 10.1 Å². The minimum atomic E-state index is -0.265. The number of para-hydroxylation sites is 1. The molecule has 24 heavy (non-hydrogen) atoms. The van der Waals surface area contributed by atoms with Crippen molar-refractivity contribution in [3.63, 3.8) is 0 Å². The van der Waals surface area contributed by atoms with E-state index in [9.17, 15) is 9.59 Å². The Morgan fingerprint density at radius 3 is 3.00 bits per heavy atom. The van der Waals surface area contributed by atoms with Crippen LogP contribution in [0.1, 0.15) is 29.4 Å². The highest BCUT2D eigenvalue weighted by molar-refractivity contribution is 5.91. The minimum Gasteiger partial charge on any atom is -0.493 e. The summed E-state index contributed by atoms with van der Waals surface area (Å²) in [6, 6.07) is 10.8. The van der Waals surface area contributed by atoms with Gasteiger partial charge in [-0.25, -0.2) is 4.68 Å². The maximum Gasteiger partial charge on any atom is 0.271 e. The molecule has 0 aliphatic carbocycles. The van der Waals surface area contributed by atoms with E-state index in [4.69, 9.17) is 4.74 Å². The number of hydrogen-bond donors (Lipinski definition) is 1. The molecule has 1 amide bonds. The Kier molecular flexibility index (Phi) is 4.93. The highest BCUT2D eigenvalue weighted by Crippen LogP contribution is 2.26. The maximum atomic E-state index is 12.3. The van der Waals surface area contributed by atoms with E-state index in [0.29, 0.717) is 19.7 Å². The van der Waals surface area contributed by atoms with E-state index in [1.807, 2.05) is 31.2 Å². The molecule has 0 bridgehead atoms. The number of rotatable bonds is 5. The summed E-state index contributed by atoms with van der Waals surface area (Å²) in [5, 5.41) is 7.01. The summed E-state index contributed by atoms with van der Waals surface area (Å²) in [4.78, 5) is 23.9. The molecule has 1 atom stereocenters. The number of benzene rings is 1. The molecule has 0 radical (unpaired) electrons. The van der Waals surface area contributed by atoms with Crippen LogP contribution in [0.3, 0.4) is 0 Å². The molecule has 1 unspecified atom stereocenters. The van der Waals surface area contributed by atoms with Gasteiger partial charge in [0.1, 0.15) is 11.4 Å². The van der Waals surface area contributed by atoms with Crippen molar-refractivity contribution >= 4 is 5.91 Å². The average Bonchev–Trinajstić information content (AvgIpc) is 2.61. The van der Waals surface area contributed by atoms with Crippen LogP contribution < -0.4 is 15.6 Å². The number of fused-ring (bicyclic) bond motifs is 1. The Hall–Kier alpha value is -2.63. The van der Waals surface area contributed by atoms with E-state index in [1.54, 1.807) is 0 Å². The summed E-state index contributed by atoms with van der Waals surface area (Å²) in [5.41, 5.74) is 1.24. The number of aromatic nitrogens is 2. The van der Waals surface area contributed by atoms with Crippen molar-refractivity contribution in [3.05, 3.63) is 58.0 Å². The number of amides is 1. The van der Waals surface area contributed by atoms with Crippen LogP contribution in [-0.4, -0.2) is 28.8 Å². The van der Waals surface area contributed by atoms with E-state index < -0.39 is 0 Å². The van der Waals surface area contributed by atoms with Gasteiger partial charge in [-0.1, -0.05) is 25.1 Å². The van der Waals surface area contributed by atoms with Crippen LogP contribution in [0.4, 0.5) is 0 Å². The number of carbonyl (C=O) groups excluding carboxylic acids is 1. The summed E-state index contributed by atoms with van der Waals surface area (Å²) < 4.78 is 7.06.